The Morgan fingerprint density at radius 3 is 2.43 bits per heavy atom. The molecule has 3 heterocycles. The number of benzene rings is 2. The number of rotatable bonds is 10. The van der Waals surface area contributed by atoms with Gasteiger partial charge in [0.05, 0.1) is 40.8 Å². The maximum atomic E-state index is 15.4. The van der Waals surface area contributed by atoms with E-state index < -0.39 is 81.5 Å². The fourth-order valence-corrected chi connectivity index (χ4v) is 7.15. The van der Waals surface area contributed by atoms with Gasteiger partial charge >= 0.3 is 6.18 Å². The number of hydrogen-bond donors (Lipinski definition) is 3. The number of alkyl halides is 5. The smallest absolute Gasteiger partial charge is 0.397 e. The summed E-state index contributed by atoms with van der Waals surface area (Å²) >= 11 is 0. The highest BCUT2D eigenvalue weighted by Crippen LogP contribution is 2.50. The zero-order valence-electron chi connectivity index (χ0n) is 28.2. The van der Waals surface area contributed by atoms with E-state index in [4.69, 9.17) is 5.73 Å². The lowest BCUT2D eigenvalue weighted by Crippen LogP contribution is -2.35. The number of aromatic nitrogens is 5. The summed E-state index contributed by atoms with van der Waals surface area (Å²) in [5, 5.41) is 10.6. The first-order valence-electron chi connectivity index (χ1n) is 15.8. The van der Waals surface area contributed by atoms with Gasteiger partial charge in [0.15, 0.2) is 11.5 Å². The van der Waals surface area contributed by atoms with Crippen LogP contribution in [0.1, 0.15) is 39.9 Å². The van der Waals surface area contributed by atoms with Gasteiger partial charge in [-0.15, -0.1) is 6.58 Å². The number of fused-ring (bicyclic) bond motifs is 2. The number of nitrogen functional groups attached to an aromatic ring is 1. The number of amides is 1. The summed E-state index contributed by atoms with van der Waals surface area (Å²) in [6.07, 6.45) is -4.35. The van der Waals surface area contributed by atoms with Crippen molar-refractivity contribution in [3.8, 4) is 11.1 Å². The standard InChI is InChI=1S/C34H31F7N8O3S/c1-5-18-12-24-30(34(39,40)41)45-49(31(24)33(18,37)38)15-27(50)44-26(11-17-9-19(35)13-20(36)10-17)28-23(14-25(42)16(2)43-28)21-7-6-8-22-29(21)48(3)46-32(22)47-53(4,51)52/h5-10,13-14,18,26H,1,11-12,15,42H2,2-4H3,(H,44,50)(H,46,47). The number of carbonyl (C=O) groups excluding carboxylic acids is 1. The summed E-state index contributed by atoms with van der Waals surface area (Å²) in [4.78, 5) is 18.4. The van der Waals surface area contributed by atoms with Crippen LogP contribution in [0.4, 0.5) is 42.2 Å². The number of carbonyl (C=O) groups is 1. The molecule has 280 valence electrons. The third-order valence-electron chi connectivity index (χ3n) is 8.85. The van der Waals surface area contributed by atoms with Crippen LogP contribution in [0.25, 0.3) is 22.0 Å². The van der Waals surface area contributed by atoms with Crippen molar-refractivity contribution in [2.45, 2.75) is 44.5 Å². The number of nitrogens with one attached hydrogen (secondary N) is 2. The third kappa shape index (κ3) is 7.16. The summed E-state index contributed by atoms with van der Waals surface area (Å²) in [6, 6.07) is 7.67. The zero-order chi connectivity index (χ0) is 38.8. The largest absolute Gasteiger partial charge is 0.435 e. The van der Waals surface area contributed by atoms with E-state index in [1.165, 1.54) is 10.7 Å². The number of allylic oxidation sites excluding steroid dienone is 1. The summed E-state index contributed by atoms with van der Waals surface area (Å²) in [7, 11) is -2.21. The van der Waals surface area contributed by atoms with Crippen LogP contribution in [-0.2, 0) is 53.4 Å². The van der Waals surface area contributed by atoms with E-state index in [9.17, 15) is 35.2 Å². The first-order valence-corrected chi connectivity index (χ1v) is 17.7. The molecule has 2 aromatic carbocycles. The second-order valence-electron chi connectivity index (χ2n) is 12.7. The molecular weight excluding hydrogens is 733 g/mol. The van der Waals surface area contributed by atoms with Crippen LogP contribution >= 0.6 is 0 Å². The number of halogens is 7. The first-order chi connectivity index (χ1) is 24.7. The predicted molar refractivity (Wildman–Crippen MR) is 181 cm³/mol. The Morgan fingerprint density at radius 1 is 1.13 bits per heavy atom. The summed E-state index contributed by atoms with van der Waals surface area (Å²) < 4.78 is 130. The van der Waals surface area contributed by atoms with E-state index in [1.54, 1.807) is 32.2 Å². The van der Waals surface area contributed by atoms with Crippen molar-refractivity contribution >= 4 is 38.3 Å². The van der Waals surface area contributed by atoms with Gasteiger partial charge in [-0.3, -0.25) is 23.9 Å². The molecule has 53 heavy (non-hydrogen) atoms. The number of hydrogen-bond acceptors (Lipinski definition) is 7. The number of aryl methyl sites for hydroxylation is 2. The molecule has 4 N–H and O–H groups in total. The Kier molecular flexibility index (Phi) is 9.28. The molecule has 0 aliphatic heterocycles. The Balaban J connectivity index is 1.48. The van der Waals surface area contributed by atoms with Crippen molar-refractivity contribution in [2.24, 2.45) is 13.0 Å². The Bertz CT molecular complexity index is 2390. The molecule has 0 spiro atoms. The van der Waals surface area contributed by atoms with Gasteiger partial charge in [0.1, 0.15) is 23.9 Å². The van der Waals surface area contributed by atoms with Crippen molar-refractivity contribution in [1.82, 2.24) is 29.9 Å². The minimum absolute atomic E-state index is 0.00186. The average molecular weight is 765 g/mol. The summed E-state index contributed by atoms with van der Waals surface area (Å²) in [6.45, 7) is 3.78. The molecule has 2 unspecified atom stereocenters. The van der Waals surface area contributed by atoms with Gasteiger partial charge in [-0.1, -0.05) is 18.2 Å². The number of anilines is 2. The van der Waals surface area contributed by atoms with Gasteiger partial charge in [0.2, 0.25) is 15.9 Å². The molecule has 0 bridgehead atoms. The maximum Gasteiger partial charge on any atom is 0.435 e. The molecule has 19 heteroatoms. The Hall–Kier alpha value is -5.46. The van der Waals surface area contributed by atoms with Gasteiger partial charge in [-0.25, -0.2) is 17.2 Å². The maximum absolute atomic E-state index is 15.4. The zero-order valence-corrected chi connectivity index (χ0v) is 29.0. The molecular formula is C34H31F7N8O3S. The molecule has 1 amide bonds. The second kappa shape index (κ2) is 13.2. The Labute approximate surface area is 297 Å². The number of sulfonamides is 1. The molecule has 0 fully saturated rings. The van der Waals surface area contributed by atoms with Crippen LogP contribution in [0.2, 0.25) is 0 Å². The molecule has 2 atom stereocenters. The predicted octanol–water partition coefficient (Wildman–Crippen LogP) is 5.94. The monoisotopic (exact) mass is 764 g/mol. The average Bonchev–Trinajstić information content (AvgIpc) is 3.65. The van der Waals surface area contributed by atoms with E-state index in [0.29, 0.717) is 27.2 Å². The van der Waals surface area contributed by atoms with E-state index in [-0.39, 0.29) is 40.4 Å². The molecule has 0 radical (unpaired) electrons. The minimum Gasteiger partial charge on any atom is -0.397 e. The molecule has 1 aliphatic rings. The lowest BCUT2D eigenvalue weighted by atomic mass is 9.93. The molecule has 1 aliphatic carbocycles. The van der Waals surface area contributed by atoms with Crippen LogP contribution < -0.4 is 15.8 Å². The van der Waals surface area contributed by atoms with Crippen molar-refractivity contribution in [3.63, 3.8) is 0 Å². The van der Waals surface area contributed by atoms with Gasteiger partial charge in [-0.05, 0) is 49.6 Å². The third-order valence-corrected chi connectivity index (χ3v) is 9.41. The van der Waals surface area contributed by atoms with Crippen molar-refractivity contribution in [3.05, 3.63) is 101 Å². The second-order valence-corrected chi connectivity index (χ2v) is 14.5. The van der Waals surface area contributed by atoms with E-state index in [2.05, 4.69) is 31.8 Å². The first kappa shape index (κ1) is 37.3. The number of nitrogens with zero attached hydrogens (tertiary/aromatic N) is 5. The van der Waals surface area contributed by atoms with Crippen molar-refractivity contribution < 1.29 is 43.9 Å². The highest BCUT2D eigenvalue weighted by Gasteiger charge is 2.55. The van der Waals surface area contributed by atoms with Crippen LogP contribution in [0, 0.1) is 24.5 Å². The molecule has 6 rings (SSSR count). The van der Waals surface area contributed by atoms with Crippen molar-refractivity contribution in [2.75, 3.05) is 16.7 Å². The quantitative estimate of drug-likeness (QED) is 0.118. The van der Waals surface area contributed by atoms with Gasteiger partial charge in [-0.2, -0.15) is 32.1 Å². The van der Waals surface area contributed by atoms with Gasteiger partial charge < -0.3 is 11.1 Å². The van der Waals surface area contributed by atoms with Crippen LogP contribution in [0.5, 0.6) is 0 Å². The lowest BCUT2D eigenvalue weighted by molar-refractivity contribution is -0.142. The van der Waals surface area contributed by atoms with E-state index in [0.717, 1.165) is 24.5 Å². The van der Waals surface area contributed by atoms with E-state index in [1.807, 2.05) is 0 Å². The fraction of sp³-hybridized carbons (Fsp3) is 0.294. The highest BCUT2D eigenvalue weighted by molar-refractivity contribution is 7.92. The summed E-state index contributed by atoms with van der Waals surface area (Å²) in [5.74, 6) is -8.46. The van der Waals surface area contributed by atoms with Crippen LogP contribution in [0.3, 0.4) is 0 Å². The molecule has 5 aromatic rings. The SMILES string of the molecule is C=CC1Cc2c(C(F)(F)F)nn(CC(=O)NC(Cc3cc(F)cc(F)c3)c3nc(C)c(N)cc3-c3cccc4c(NS(C)(=O)=O)nn(C)c34)c2C1(F)F. The Morgan fingerprint density at radius 2 is 1.81 bits per heavy atom. The topological polar surface area (TPSA) is 150 Å². The molecule has 0 saturated heterocycles. The highest BCUT2D eigenvalue weighted by atomic mass is 32.2. The van der Waals surface area contributed by atoms with Gasteiger partial charge in [0, 0.05) is 35.2 Å². The number of para-hydroxylation sites is 1. The normalized spacial score (nSPS) is 16.1. The molecule has 11 nitrogen and oxygen atoms in total. The molecule has 0 saturated carbocycles. The molecule has 3 aromatic heterocycles. The minimum atomic E-state index is -5.11. The lowest BCUT2D eigenvalue weighted by Gasteiger charge is -2.24. The van der Waals surface area contributed by atoms with Gasteiger partial charge in [0.25, 0.3) is 5.92 Å². The van der Waals surface area contributed by atoms with Crippen LogP contribution in [0.15, 0.2) is 55.1 Å². The van der Waals surface area contributed by atoms with Crippen molar-refractivity contribution in [1.29, 1.82) is 0 Å². The number of pyridine rings is 1. The summed E-state index contributed by atoms with van der Waals surface area (Å²) in [5.41, 5.74) is 4.49. The fourth-order valence-electron chi connectivity index (χ4n) is 6.65. The number of nitrogens with two attached hydrogens (primary N) is 1. The van der Waals surface area contributed by atoms with Crippen LogP contribution in [-0.4, -0.2) is 45.1 Å². The van der Waals surface area contributed by atoms with E-state index >= 15 is 8.78 Å².